The predicted octanol–water partition coefficient (Wildman–Crippen LogP) is 3.38. The highest BCUT2D eigenvalue weighted by Gasteiger charge is 2.32. The molecule has 0 radical (unpaired) electrons. The highest BCUT2D eigenvalue weighted by molar-refractivity contribution is 5.93. The lowest BCUT2D eigenvalue weighted by atomic mass is 10.0. The predicted molar refractivity (Wildman–Crippen MR) is 92.3 cm³/mol. The molecule has 3 rings (SSSR count). The molecule has 1 aliphatic rings. The number of hydrogen-bond donors (Lipinski definition) is 1. The van der Waals surface area contributed by atoms with E-state index in [0.717, 1.165) is 5.56 Å². The van der Waals surface area contributed by atoms with Crippen molar-refractivity contribution in [3.63, 3.8) is 0 Å². The van der Waals surface area contributed by atoms with Crippen molar-refractivity contribution in [2.45, 2.75) is 26.1 Å². The molecule has 1 aromatic carbocycles. The topological polar surface area (TPSA) is 62.7 Å². The number of anilines is 1. The summed E-state index contributed by atoms with van der Waals surface area (Å²) in [7, 11) is 0. The molecule has 0 aliphatic carbocycles. The number of hydrogen-bond acceptors (Lipinski definition) is 4. The van der Waals surface area contributed by atoms with E-state index >= 15 is 0 Å². The molecule has 1 N–H and O–H groups in total. The van der Waals surface area contributed by atoms with Crippen LogP contribution in [-0.2, 0) is 4.74 Å². The van der Waals surface area contributed by atoms with Crippen LogP contribution in [0.2, 0.25) is 0 Å². The highest BCUT2D eigenvalue weighted by atomic mass is 16.5. The van der Waals surface area contributed by atoms with Crippen molar-refractivity contribution < 1.29 is 14.6 Å². The maximum absolute atomic E-state index is 11.5. The number of nitrogens with zero attached hydrogens (tertiary/aromatic N) is 2. The van der Waals surface area contributed by atoms with Crippen LogP contribution in [0, 0.1) is 5.92 Å². The van der Waals surface area contributed by atoms with Crippen molar-refractivity contribution in [1.29, 1.82) is 0 Å². The lowest BCUT2D eigenvalue weighted by Crippen LogP contribution is -2.47. The monoisotopic (exact) mass is 326 g/mol. The zero-order valence-corrected chi connectivity index (χ0v) is 13.9. The van der Waals surface area contributed by atoms with Crippen LogP contribution in [0.4, 0.5) is 5.82 Å². The summed E-state index contributed by atoms with van der Waals surface area (Å²) in [6.07, 6.45) is 1.56. The second-order valence-electron chi connectivity index (χ2n) is 6.40. The van der Waals surface area contributed by atoms with Gasteiger partial charge >= 0.3 is 5.97 Å². The van der Waals surface area contributed by atoms with Crippen LogP contribution in [0.15, 0.2) is 48.7 Å². The van der Waals surface area contributed by atoms with Gasteiger partial charge in [0.1, 0.15) is 17.5 Å². The number of benzene rings is 1. The third-order valence-corrected chi connectivity index (χ3v) is 4.36. The second kappa shape index (κ2) is 7.01. The van der Waals surface area contributed by atoms with Crippen LogP contribution in [0.25, 0.3) is 0 Å². The van der Waals surface area contributed by atoms with Crippen LogP contribution in [0.1, 0.15) is 35.9 Å². The Labute approximate surface area is 141 Å². The van der Waals surface area contributed by atoms with Crippen LogP contribution >= 0.6 is 0 Å². The number of carboxylic acid groups (broad SMARTS) is 1. The first-order chi connectivity index (χ1) is 11.6. The van der Waals surface area contributed by atoms with E-state index in [4.69, 9.17) is 4.74 Å². The lowest BCUT2D eigenvalue weighted by Gasteiger charge is -2.41. The van der Waals surface area contributed by atoms with Gasteiger partial charge in [-0.05, 0) is 23.6 Å². The van der Waals surface area contributed by atoms with Gasteiger partial charge in [-0.15, -0.1) is 0 Å². The molecule has 1 saturated heterocycles. The van der Waals surface area contributed by atoms with E-state index in [1.807, 2.05) is 35.2 Å². The van der Waals surface area contributed by atoms with Crippen LogP contribution in [-0.4, -0.2) is 35.3 Å². The van der Waals surface area contributed by atoms with Crippen molar-refractivity contribution in [1.82, 2.24) is 4.98 Å². The van der Waals surface area contributed by atoms with Crippen molar-refractivity contribution in [3.05, 3.63) is 59.8 Å². The Morgan fingerprint density at radius 3 is 2.62 bits per heavy atom. The summed E-state index contributed by atoms with van der Waals surface area (Å²) in [5.41, 5.74) is 1.33. The first-order valence-electron chi connectivity index (χ1n) is 8.20. The average molecular weight is 326 g/mol. The van der Waals surface area contributed by atoms with Gasteiger partial charge in [0, 0.05) is 19.3 Å². The van der Waals surface area contributed by atoms with Crippen molar-refractivity contribution in [3.8, 4) is 0 Å². The summed E-state index contributed by atoms with van der Waals surface area (Å²) in [5, 5.41) is 9.46. The van der Waals surface area contributed by atoms with Gasteiger partial charge in [0.25, 0.3) is 0 Å². The van der Waals surface area contributed by atoms with Crippen molar-refractivity contribution in [2.75, 3.05) is 18.0 Å². The number of carbonyl (C=O) groups is 1. The molecule has 0 saturated carbocycles. The molecule has 5 heteroatoms. The Morgan fingerprint density at radius 2 is 1.96 bits per heavy atom. The van der Waals surface area contributed by atoms with Crippen LogP contribution in [0.5, 0.6) is 0 Å². The van der Waals surface area contributed by atoms with E-state index in [-0.39, 0.29) is 17.8 Å². The Bertz CT molecular complexity index is 703. The molecule has 2 aromatic rings. The van der Waals surface area contributed by atoms with Gasteiger partial charge in [0.2, 0.25) is 0 Å². The number of aromatic carboxylic acids is 1. The normalized spacial score (nSPS) is 21.0. The Morgan fingerprint density at radius 1 is 1.21 bits per heavy atom. The minimum atomic E-state index is -0.957. The van der Waals surface area contributed by atoms with Crippen LogP contribution < -0.4 is 4.90 Å². The third kappa shape index (κ3) is 3.41. The fourth-order valence-electron chi connectivity index (χ4n) is 3.00. The minimum absolute atomic E-state index is 0.0209. The number of ether oxygens (including phenoxy) is 1. The van der Waals surface area contributed by atoms with Gasteiger partial charge in [0.15, 0.2) is 0 Å². The molecular weight excluding hydrogens is 304 g/mol. The second-order valence-corrected chi connectivity index (χ2v) is 6.40. The lowest BCUT2D eigenvalue weighted by molar-refractivity contribution is -0.0501. The zero-order chi connectivity index (χ0) is 17.1. The molecule has 24 heavy (non-hydrogen) atoms. The Balaban J connectivity index is 1.94. The fourth-order valence-corrected chi connectivity index (χ4v) is 3.00. The number of carboxylic acids is 1. The molecule has 0 bridgehead atoms. The fraction of sp³-hybridized carbons (Fsp3) is 0.368. The summed E-state index contributed by atoms with van der Waals surface area (Å²) < 4.78 is 6.27. The molecule has 0 spiro atoms. The molecule has 5 nitrogen and oxygen atoms in total. The molecule has 126 valence electrons. The zero-order valence-electron chi connectivity index (χ0n) is 13.9. The quantitative estimate of drug-likeness (QED) is 0.933. The smallest absolute Gasteiger partial charge is 0.339 e. The molecule has 2 atom stereocenters. The van der Waals surface area contributed by atoms with Gasteiger partial charge in [-0.25, -0.2) is 9.78 Å². The van der Waals surface area contributed by atoms with E-state index in [1.54, 1.807) is 18.3 Å². The van der Waals surface area contributed by atoms with Crippen molar-refractivity contribution in [2.24, 2.45) is 5.92 Å². The molecule has 1 aromatic heterocycles. The SMILES string of the molecule is CC(C)[C@H]1CN(c2ncccc2C(=O)O)C[C@@H](c2ccccc2)O1. The highest BCUT2D eigenvalue weighted by Crippen LogP contribution is 2.31. The van der Waals surface area contributed by atoms with Gasteiger partial charge in [-0.2, -0.15) is 0 Å². The van der Waals surface area contributed by atoms with Gasteiger partial charge < -0.3 is 14.7 Å². The molecule has 1 fully saturated rings. The third-order valence-electron chi connectivity index (χ3n) is 4.36. The maximum atomic E-state index is 11.5. The molecule has 1 aliphatic heterocycles. The standard InChI is InChI=1S/C19H22N2O3/c1-13(2)16-11-21(18-15(19(22)23)9-6-10-20-18)12-17(24-16)14-7-4-3-5-8-14/h3-10,13,16-17H,11-12H2,1-2H3,(H,22,23)/t16-,17+/m1/s1. The van der Waals surface area contributed by atoms with Gasteiger partial charge in [-0.3, -0.25) is 0 Å². The van der Waals surface area contributed by atoms with Crippen molar-refractivity contribution >= 4 is 11.8 Å². The summed E-state index contributed by atoms with van der Waals surface area (Å²) in [4.78, 5) is 17.9. The van der Waals surface area contributed by atoms with E-state index in [0.29, 0.717) is 24.8 Å². The maximum Gasteiger partial charge on any atom is 0.339 e. The van der Waals surface area contributed by atoms with E-state index in [9.17, 15) is 9.90 Å². The number of rotatable bonds is 4. The molecular formula is C19H22N2O3. The number of aromatic nitrogens is 1. The van der Waals surface area contributed by atoms with Gasteiger partial charge in [0.05, 0.1) is 6.10 Å². The largest absolute Gasteiger partial charge is 0.478 e. The van der Waals surface area contributed by atoms with E-state index in [2.05, 4.69) is 18.8 Å². The molecule has 0 amide bonds. The minimum Gasteiger partial charge on any atom is -0.478 e. The summed E-state index contributed by atoms with van der Waals surface area (Å²) in [5.74, 6) is -0.113. The Kier molecular flexibility index (Phi) is 4.81. The number of pyridine rings is 1. The average Bonchev–Trinajstić information content (AvgIpc) is 2.62. The van der Waals surface area contributed by atoms with E-state index < -0.39 is 5.97 Å². The van der Waals surface area contributed by atoms with Gasteiger partial charge in [-0.1, -0.05) is 44.2 Å². The first-order valence-corrected chi connectivity index (χ1v) is 8.20. The summed E-state index contributed by atoms with van der Waals surface area (Å²) >= 11 is 0. The Hall–Kier alpha value is -2.40. The summed E-state index contributed by atoms with van der Waals surface area (Å²) in [6, 6.07) is 13.3. The molecule has 0 unspecified atom stereocenters. The van der Waals surface area contributed by atoms with Crippen LogP contribution in [0.3, 0.4) is 0 Å². The first kappa shape index (κ1) is 16.5. The van der Waals surface area contributed by atoms with E-state index in [1.165, 1.54) is 0 Å². The number of morpholine rings is 1. The summed E-state index contributed by atoms with van der Waals surface area (Å²) in [6.45, 7) is 5.46. The molecule has 2 heterocycles.